The molecule has 3 heteroatoms. The Balaban J connectivity index is 2.11. The normalized spacial score (nSPS) is 11.4. The van der Waals surface area contributed by atoms with Crippen LogP contribution in [0.3, 0.4) is 0 Å². The predicted octanol–water partition coefficient (Wildman–Crippen LogP) is 4.91. The first-order chi connectivity index (χ1) is 9.34. The van der Waals surface area contributed by atoms with Crippen molar-refractivity contribution < 1.29 is 4.74 Å². The van der Waals surface area contributed by atoms with Gasteiger partial charge in [0.05, 0.1) is 0 Å². The fraction of sp³-hybridized carbons (Fsp3) is 0.294. The van der Waals surface area contributed by atoms with Crippen LogP contribution < -0.4 is 10.5 Å². The Morgan fingerprint density at radius 3 is 2.50 bits per heavy atom. The monoisotopic (exact) mass is 333 g/mol. The zero-order chi connectivity index (χ0) is 14.8. The maximum atomic E-state index is 5.86. The lowest BCUT2D eigenvalue weighted by molar-refractivity contribution is 0.305. The molecule has 2 nitrogen and oxygen atoms in total. The van der Waals surface area contributed by atoms with Crippen LogP contribution in [0.15, 0.2) is 46.9 Å². The Bertz CT molecular complexity index is 582. The summed E-state index contributed by atoms with van der Waals surface area (Å²) in [5.74, 6) is 0.885. The molecule has 0 spiro atoms. The maximum Gasteiger partial charge on any atom is 0.120 e. The molecule has 2 rings (SSSR count). The molecule has 2 aromatic carbocycles. The summed E-state index contributed by atoms with van der Waals surface area (Å²) in [4.78, 5) is 0. The largest absolute Gasteiger partial charge is 0.489 e. The van der Waals surface area contributed by atoms with Crippen molar-refractivity contribution in [1.82, 2.24) is 0 Å². The third-order valence-electron chi connectivity index (χ3n) is 3.09. The highest BCUT2D eigenvalue weighted by Crippen LogP contribution is 2.26. The van der Waals surface area contributed by atoms with Crippen molar-refractivity contribution in [2.24, 2.45) is 0 Å². The second kappa shape index (κ2) is 5.88. The smallest absolute Gasteiger partial charge is 0.120 e. The van der Waals surface area contributed by atoms with E-state index < -0.39 is 0 Å². The number of rotatable bonds is 3. The average Bonchev–Trinajstić information content (AvgIpc) is 2.35. The molecule has 0 heterocycles. The van der Waals surface area contributed by atoms with E-state index in [4.69, 9.17) is 10.5 Å². The number of nitrogen functional groups attached to an aromatic ring is 1. The maximum absolute atomic E-state index is 5.86. The first-order valence-electron chi connectivity index (χ1n) is 6.63. The minimum atomic E-state index is 0.125. The van der Waals surface area contributed by atoms with E-state index in [1.165, 1.54) is 5.56 Å². The minimum Gasteiger partial charge on any atom is -0.489 e. The summed E-state index contributed by atoms with van der Waals surface area (Å²) in [5, 5.41) is 0. The molecule has 0 atom stereocenters. The molecule has 0 aliphatic heterocycles. The highest BCUT2D eigenvalue weighted by Gasteiger charge is 2.13. The van der Waals surface area contributed by atoms with Crippen molar-refractivity contribution in [1.29, 1.82) is 0 Å². The molecular formula is C17H20BrNO. The summed E-state index contributed by atoms with van der Waals surface area (Å²) in [5.41, 5.74) is 9.01. The van der Waals surface area contributed by atoms with Crippen LogP contribution in [0.1, 0.15) is 31.9 Å². The summed E-state index contributed by atoms with van der Waals surface area (Å²) >= 11 is 3.44. The van der Waals surface area contributed by atoms with Gasteiger partial charge in [-0.2, -0.15) is 0 Å². The highest BCUT2D eigenvalue weighted by atomic mass is 79.9. The lowest BCUT2D eigenvalue weighted by atomic mass is 9.87. The topological polar surface area (TPSA) is 35.2 Å². The van der Waals surface area contributed by atoms with Crippen LogP contribution in [-0.4, -0.2) is 0 Å². The van der Waals surface area contributed by atoms with Crippen molar-refractivity contribution in [2.45, 2.75) is 32.8 Å². The van der Waals surface area contributed by atoms with Crippen molar-refractivity contribution in [3.05, 3.63) is 58.1 Å². The van der Waals surface area contributed by atoms with Gasteiger partial charge in [0.25, 0.3) is 0 Å². The lowest BCUT2D eigenvalue weighted by Crippen LogP contribution is -2.11. The third kappa shape index (κ3) is 4.01. The molecule has 0 aliphatic rings. The quantitative estimate of drug-likeness (QED) is 0.810. The summed E-state index contributed by atoms with van der Waals surface area (Å²) in [6.45, 7) is 7.10. The first-order valence-corrected chi connectivity index (χ1v) is 7.42. The number of ether oxygens (including phenoxy) is 1. The summed E-state index contributed by atoms with van der Waals surface area (Å²) in [6.07, 6.45) is 0. The van der Waals surface area contributed by atoms with Gasteiger partial charge in [-0.3, -0.25) is 0 Å². The molecule has 0 amide bonds. The van der Waals surface area contributed by atoms with Crippen LogP contribution in [0.5, 0.6) is 5.75 Å². The molecule has 0 radical (unpaired) electrons. The van der Waals surface area contributed by atoms with E-state index in [2.05, 4.69) is 48.8 Å². The second-order valence-corrected chi connectivity index (χ2v) is 6.87. The molecule has 0 fully saturated rings. The Hall–Kier alpha value is -1.48. The van der Waals surface area contributed by atoms with Crippen LogP contribution in [-0.2, 0) is 12.0 Å². The van der Waals surface area contributed by atoms with Gasteiger partial charge in [0, 0.05) is 10.2 Å². The summed E-state index contributed by atoms with van der Waals surface area (Å²) in [7, 11) is 0. The van der Waals surface area contributed by atoms with E-state index in [1.807, 2.05) is 30.3 Å². The summed E-state index contributed by atoms with van der Waals surface area (Å²) < 4.78 is 6.83. The third-order valence-corrected chi connectivity index (χ3v) is 3.54. The van der Waals surface area contributed by atoms with Gasteiger partial charge in [-0.25, -0.2) is 0 Å². The zero-order valence-corrected chi connectivity index (χ0v) is 13.7. The Labute approximate surface area is 129 Å². The molecule has 2 N–H and O–H groups in total. The molecule has 0 saturated carbocycles. The number of hydrogen-bond acceptors (Lipinski definition) is 2. The van der Waals surface area contributed by atoms with Gasteiger partial charge in [0.15, 0.2) is 0 Å². The van der Waals surface area contributed by atoms with E-state index in [9.17, 15) is 0 Å². The highest BCUT2D eigenvalue weighted by molar-refractivity contribution is 9.10. The van der Waals surface area contributed by atoms with Crippen LogP contribution in [0.4, 0.5) is 5.69 Å². The molecule has 2 aromatic rings. The molecule has 20 heavy (non-hydrogen) atoms. The Morgan fingerprint density at radius 2 is 1.85 bits per heavy atom. The molecule has 0 aliphatic carbocycles. The van der Waals surface area contributed by atoms with E-state index in [1.54, 1.807) is 0 Å². The van der Waals surface area contributed by atoms with Crippen molar-refractivity contribution in [2.75, 3.05) is 5.73 Å². The van der Waals surface area contributed by atoms with Crippen molar-refractivity contribution in [3.8, 4) is 5.75 Å². The Kier molecular flexibility index (Phi) is 4.39. The van der Waals surface area contributed by atoms with Gasteiger partial charge in [0.1, 0.15) is 12.4 Å². The number of anilines is 1. The van der Waals surface area contributed by atoms with Crippen LogP contribution in [0, 0.1) is 0 Å². The van der Waals surface area contributed by atoms with E-state index in [-0.39, 0.29) is 5.41 Å². The van der Waals surface area contributed by atoms with Crippen molar-refractivity contribution in [3.63, 3.8) is 0 Å². The van der Waals surface area contributed by atoms with E-state index >= 15 is 0 Å². The zero-order valence-electron chi connectivity index (χ0n) is 12.1. The molecule has 0 unspecified atom stereocenters. The molecule has 0 saturated heterocycles. The molecule has 0 aromatic heterocycles. The van der Waals surface area contributed by atoms with Crippen LogP contribution >= 0.6 is 15.9 Å². The second-order valence-electron chi connectivity index (χ2n) is 5.96. The standard InChI is InChI=1S/C17H20BrNO/c1-17(2,3)13-5-4-6-16(9-13)20-11-12-7-14(18)10-15(19)8-12/h4-10H,11,19H2,1-3H3. The Morgan fingerprint density at radius 1 is 1.10 bits per heavy atom. The van der Waals surface area contributed by atoms with Crippen LogP contribution in [0.25, 0.3) is 0 Å². The van der Waals surface area contributed by atoms with E-state index in [0.717, 1.165) is 21.5 Å². The van der Waals surface area contributed by atoms with Gasteiger partial charge in [-0.15, -0.1) is 0 Å². The van der Waals surface area contributed by atoms with Gasteiger partial charge in [-0.05, 0) is 46.9 Å². The van der Waals surface area contributed by atoms with E-state index in [0.29, 0.717) is 6.61 Å². The number of hydrogen-bond donors (Lipinski definition) is 1. The van der Waals surface area contributed by atoms with Gasteiger partial charge < -0.3 is 10.5 Å². The van der Waals surface area contributed by atoms with Gasteiger partial charge in [-0.1, -0.05) is 48.8 Å². The van der Waals surface area contributed by atoms with Crippen molar-refractivity contribution >= 4 is 21.6 Å². The number of nitrogens with two attached hydrogens (primary N) is 1. The number of benzene rings is 2. The molecule has 106 valence electrons. The fourth-order valence-corrected chi connectivity index (χ4v) is 2.54. The first kappa shape index (κ1) is 14.9. The summed E-state index contributed by atoms with van der Waals surface area (Å²) in [6, 6.07) is 14.1. The SMILES string of the molecule is CC(C)(C)c1cccc(OCc2cc(N)cc(Br)c2)c1. The van der Waals surface area contributed by atoms with Gasteiger partial charge >= 0.3 is 0 Å². The van der Waals surface area contributed by atoms with Gasteiger partial charge in [0.2, 0.25) is 0 Å². The average molecular weight is 334 g/mol. The number of halogens is 1. The predicted molar refractivity (Wildman–Crippen MR) is 88.0 cm³/mol. The minimum absolute atomic E-state index is 0.125. The lowest BCUT2D eigenvalue weighted by Gasteiger charge is -2.19. The fourth-order valence-electron chi connectivity index (χ4n) is 1.98. The molecular weight excluding hydrogens is 314 g/mol. The van der Waals surface area contributed by atoms with Crippen LogP contribution in [0.2, 0.25) is 0 Å². The molecule has 0 bridgehead atoms.